The molecular weight excluding hydrogens is 683 g/mol. The molecule has 0 aromatic heterocycles. The fraction of sp³-hybridized carbons (Fsp3) is 0.421. The van der Waals surface area contributed by atoms with E-state index in [4.69, 9.17) is 18.9 Å². The van der Waals surface area contributed by atoms with Gasteiger partial charge in [0.25, 0.3) is 0 Å². The van der Waals surface area contributed by atoms with E-state index in [9.17, 15) is 33.0 Å². The summed E-state index contributed by atoms with van der Waals surface area (Å²) in [7, 11) is 1.53. The first kappa shape index (κ1) is 34.3. The molecule has 2 saturated heterocycles. The Hall–Kier alpha value is -4.79. The van der Waals surface area contributed by atoms with Crippen molar-refractivity contribution in [3.05, 3.63) is 80.9 Å². The van der Waals surface area contributed by atoms with E-state index < -0.39 is 41.9 Å². The number of nitrogens with zero attached hydrogens (tertiary/aromatic N) is 2. The van der Waals surface area contributed by atoms with Gasteiger partial charge in [0.15, 0.2) is 23.0 Å². The Labute approximate surface area is 297 Å². The third-order valence-corrected chi connectivity index (χ3v) is 11.2. The van der Waals surface area contributed by atoms with Crippen molar-refractivity contribution in [3.8, 4) is 28.7 Å². The average molecular weight is 722 g/mol. The van der Waals surface area contributed by atoms with E-state index in [1.807, 2.05) is 11.8 Å². The number of amides is 1. The number of aryl methyl sites for hydroxylation is 1. The molecule has 14 heteroatoms. The van der Waals surface area contributed by atoms with Crippen LogP contribution in [-0.4, -0.2) is 70.6 Å². The summed E-state index contributed by atoms with van der Waals surface area (Å²) in [5.41, 5.74) is 3.79. The van der Waals surface area contributed by atoms with Crippen LogP contribution in [0.3, 0.4) is 0 Å². The maximum absolute atomic E-state index is 13.3. The van der Waals surface area contributed by atoms with E-state index in [1.54, 1.807) is 6.92 Å². The number of ether oxygens (including phenoxy) is 4. The molecule has 3 aromatic rings. The van der Waals surface area contributed by atoms with Crippen LogP contribution in [0.25, 0.3) is 6.08 Å². The zero-order valence-corrected chi connectivity index (χ0v) is 28.9. The van der Waals surface area contributed by atoms with Gasteiger partial charge in [0.05, 0.1) is 30.8 Å². The van der Waals surface area contributed by atoms with Gasteiger partial charge in [0, 0.05) is 53.9 Å². The third-order valence-electron chi connectivity index (χ3n) is 11.2. The van der Waals surface area contributed by atoms with Gasteiger partial charge in [0.2, 0.25) is 12.7 Å². The highest BCUT2D eigenvalue weighted by molar-refractivity contribution is 5.91. The van der Waals surface area contributed by atoms with Gasteiger partial charge in [0.1, 0.15) is 12.0 Å². The van der Waals surface area contributed by atoms with Crippen molar-refractivity contribution >= 4 is 18.0 Å². The van der Waals surface area contributed by atoms with Crippen molar-refractivity contribution < 1.29 is 51.9 Å². The quantitative estimate of drug-likeness (QED) is 0.169. The van der Waals surface area contributed by atoms with E-state index in [-0.39, 0.29) is 42.8 Å². The fourth-order valence-electron chi connectivity index (χ4n) is 9.07. The van der Waals surface area contributed by atoms with Crippen LogP contribution in [0.2, 0.25) is 0 Å². The minimum atomic E-state index is -4.53. The molecule has 0 bridgehead atoms. The molecule has 5 aliphatic rings. The van der Waals surface area contributed by atoms with Gasteiger partial charge >= 0.3 is 12.1 Å². The Morgan fingerprint density at radius 2 is 1.87 bits per heavy atom. The molecule has 5 heterocycles. The Bertz CT molecular complexity index is 2030. The smallest absolute Gasteiger partial charge is 0.416 e. The summed E-state index contributed by atoms with van der Waals surface area (Å²) in [5.74, 6) is 0.486. The number of carbonyl (C=O) groups is 2. The number of aliphatic hydroxyl groups excluding tert-OH is 1. The number of hydrogen-bond donors (Lipinski definition) is 3. The molecule has 8 rings (SSSR count). The van der Waals surface area contributed by atoms with Crippen molar-refractivity contribution in [3.63, 3.8) is 0 Å². The van der Waals surface area contributed by atoms with Gasteiger partial charge in [-0.3, -0.25) is 19.4 Å². The predicted octanol–water partition coefficient (Wildman–Crippen LogP) is 5.24. The number of hydrogen-bond acceptors (Lipinski definition) is 10. The van der Waals surface area contributed by atoms with E-state index in [1.165, 1.54) is 32.2 Å². The number of methoxy groups -OCH3 is 1. The number of benzene rings is 3. The highest BCUT2D eigenvalue weighted by Crippen LogP contribution is 2.65. The molecule has 0 aliphatic carbocycles. The Morgan fingerprint density at radius 3 is 2.58 bits per heavy atom. The van der Waals surface area contributed by atoms with Crippen LogP contribution in [-0.2, 0) is 28.6 Å². The third kappa shape index (κ3) is 5.13. The molecule has 1 amide bonds. The lowest BCUT2D eigenvalue weighted by Crippen LogP contribution is -2.71. The first-order valence-corrected chi connectivity index (χ1v) is 17.3. The standard InChI is InChI=1S/C38H38F3N3O8/c1-5-20-12-22-24-14-26-37(48)44-25(31(43(24)26)30(22)32(47)35(20)49-4)13-23-29(36-34(50-16-51-36)17(2)33(23)52-18(3)45)27(44)15-42-28(46)10-9-19-7-6-8-21(11-19)38(39,40)41/h6-12,24-27,31,37,47-48H,5,13-16H2,1-4H3,(H,42,46)/b10-9+/t24?,25-,26+,27-,31-,37-/m0/s1. The van der Waals surface area contributed by atoms with Gasteiger partial charge in [-0.05, 0) is 67.2 Å². The number of esters is 1. The lowest BCUT2D eigenvalue weighted by molar-refractivity contribution is -0.218. The minimum absolute atomic E-state index is 0.0177. The van der Waals surface area contributed by atoms with Gasteiger partial charge in [-0.2, -0.15) is 13.2 Å². The summed E-state index contributed by atoms with van der Waals surface area (Å²) in [4.78, 5) is 30.0. The number of fused-ring (bicyclic) bond motifs is 8. The Morgan fingerprint density at radius 1 is 1.10 bits per heavy atom. The van der Waals surface area contributed by atoms with Gasteiger partial charge in [-0.1, -0.05) is 19.1 Å². The zero-order chi connectivity index (χ0) is 36.8. The first-order valence-electron chi connectivity index (χ1n) is 17.3. The molecule has 0 spiro atoms. The second-order valence-electron chi connectivity index (χ2n) is 13.8. The molecule has 0 saturated carbocycles. The summed E-state index contributed by atoms with van der Waals surface area (Å²) in [6.45, 7) is 4.94. The van der Waals surface area contributed by atoms with Gasteiger partial charge in [-0.15, -0.1) is 0 Å². The summed E-state index contributed by atoms with van der Waals surface area (Å²) in [6, 6.07) is 4.85. The molecule has 3 N–H and O–H groups in total. The van der Waals surface area contributed by atoms with E-state index in [0.717, 1.165) is 34.9 Å². The number of piperazine rings is 1. The number of halogens is 3. The minimum Gasteiger partial charge on any atom is -0.504 e. The van der Waals surface area contributed by atoms with Crippen molar-refractivity contribution in [2.75, 3.05) is 20.4 Å². The normalized spacial score (nSPS) is 25.5. The topological polar surface area (TPSA) is 130 Å². The second kappa shape index (κ2) is 12.4. The van der Waals surface area contributed by atoms with Crippen LogP contribution in [0, 0.1) is 6.92 Å². The SMILES string of the molecule is CCc1cc2c(c(O)c1OC)[C@@H]1[C@@H]3Cc4c(OC(C)=O)c(C)c5c(c4[C@H](CNC(=O)/C=C/c4cccc(C(F)(F)F)c4)N3[C@@H](O)[C@H]3CC2N31)OCO5. The van der Waals surface area contributed by atoms with Gasteiger partial charge in [-0.25, -0.2) is 0 Å². The lowest BCUT2D eigenvalue weighted by Gasteiger charge is -2.62. The molecule has 5 aliphatic heterocycles. The number of phenolic OH excluding ortho intramolecular Hbond substituents is 1. The van der Waals surface area contributed by atoms with Crippen LogP contribution in [0.4, 0.5) is 13.2 Å². The van der Waals surface area contributed by atoms with Crippen molar-refractivity contribution in [1.82, 2.24) is 15.1 Å². The molecule has 11 nitrogen and oxygen atoms in total. The fourth-order valence-corrected chi connectivity index (χ4v) is 9.07. The van der Waals surface area contributed by atoms with Gasteiger partial charge < -0.3 is 34.5 Å². The summed E-state index contributed by atoms with van der Waals surface area (Å²) in [6.07, 6.45) is -1.47. The summed E-state index contributed by atoms with van der Waals surface area (Å²) >= 11 is 0. The number of aromatic hydroxyl groups is 1. The molecule has 2 fully saturated rings. The van der Waals surface area contributed by atoms with E-state index >= 15 is 0 Å². The Balaban J connectivity index is 1.22. The molecule has 274 valence electrons. The number of carbonyl (C=O) groups excluding carboxylic acids is 2. The first-order chi connectivity index (χ1) is 24.8. The lowest BCUT2D eigenvalue weighted by atomic mass is 9.77. The van der Waals surface area contributed by atoms with Crippen LogP contribution in [0.1, 0.15) is 82.9 Å². The highest BCUT2D eigenvalue weighted by Gasteiger charge is 2.64. The maximum atomic E-state index is 13.3. The number of rotatable bonds is 7. The predicted molar refractivity (Wildman–Crippen MR) is 180 cm³/mol. The highest BCUT2D eigenvalue weighted by atomic mass is 19.4. The maximum Gasteiger partial charge on any atom is 0.416 e. The number of nitrogens with one attached hydrogen (secondary N) is 1. The van der Waals surface area contributed by atoms with Crippen LogP contribution in [0.15, 0.2) is 36.4 Å². The van der Waals surface area contributed by atoms with Crippen molar-refractivity contribution in [2.24, 2.45) is 0 Å². The average Bonchev–Trinajstić information content (AvgIpc) is 3.69. The van der Waals surface area contributed by atoms with Crippen molar-refractivity contribution in [2.45, 2.75) is 82.6 Å². The molecule has 0 radical (unpaired) electrons. The van der Waals surface area contributed by atoms with E-state index in [0.29, 0.717) is 59.0 Å². The zero-order valence-electron chi connectivity index (χ0n) is 28.9. The number of aliphatic hydroxyl groups is 1. The summed E-state index contributed by atoms with van der Waals surface area (Å²) < 4.78 is 63.3. The molecular formula is C38H38F3N3O8. The second-order valence-corrected chi connectivity index (χ2v) is 13.8. The van der Waals surface area contributed by atoms with E-state index in [2.05, 4.69) is 16.3 Å². The molecule has 6 atom stereocenters. The van der Waals surface area contributed by atoms with Crippen molar-refractivity contribution in [1.29, 1.82) is 0 Å². The summed E-state index contributed by atoms with van der Waals surface area (Å²) in [5, 5.41) is 26.8. The molecule has 1 unspecified atom stereocenters. The van der Waals surface area contributed by atoms with Crippen LogP contribution >= 0.6 is 0 Å². The van der Waals surface area contributed by atoms with Crippen LogP contribution in [0.5, 0.6) is 28.7 Å². The monoisotopic (exact) mass is 721 g/mol. The van der Waals surface area contributed by atoms with Crippen LogP contribution < -0.4 is 24.3 Å². The Kier molecular flexibility index (Phi) is 8.19. The number of alkyl halides is 3. The molecule has 52 heavy (non-hydrogen) atoms. The number of phenols is 1. The largest absolute Gasteiger partial charge is 0.504 e. The molecule has 3 aromatic carbocycles.